The summed E-state index contributed by atoms with van der Waals surface area (Å²) in [5.41, 5.74) is 2.94. The van der Waals surface area contributed by atoms with E-state index in [1.807, 2.05) is 6.92 Å². The van der Waals surface area contributed by atoms with Crippen molar-refractivity contribution in [1.29, 1.82) is 0 Å². The van der Waals surface area contributed by atoms with Gasteiger partial charge < -0.3 is 5.11 Å². The maximum absolute atomic E-state index is 13.1. The minimum absolute atomic E-state index is 0.0350. The first-order valence-electron chi connectivity index (χ1n) is 9.73. The van der Waals surface area contributed by atoms with Crippen molar-refractivity contribution in [2.45, 2.75) is 18.7 Å². The van der Waals surface area contributed by atoms with Crippen molar-refractivity contribution >= 4 is 50.6 Å². The first kappa shape index (κ1) is 25.4. The predicted octanol–water partition coefficient (Wildman–Crippen LogP) is 4.73. The molecule has 3 rings (SSSR count). The number of nitro groups is 2. The van der Waals surface area contributed by atoms with Crippen LogP contribution in [0.4, 0.5) is 22.7 Å². The number of rotatable bonds is 8. The maximum atomic E-state index is 13.1. The standard InChI is InChI=1S/C21H18ClN5O7S/c1-12-3-5-17(13(2)7-12)25-35(33,34)20-10-16(26(29)30)4-6-18(20)24-23-11-14-8-15(22)9-19(21(14)28)27(31)32/h3-11,24-25,28H,1-2H3/b23-11-. The lowest BCUT2D eigenvalue weighted by atomic mass is 10.1. The third-order valence-corrected chi connectivity index (χ3v) is 6.38. The van der Waals surface area contributed by atoms with Crippen LogP contribution in [0.3, 0.4) is 0 Å². The van der Waals surface area contributed by atoms with Crippen LogP contribution in [0.5, 0.6) is 5.75 Å². The molecule has 3 N–H and O–H groups in total. The molecule has 3 aromatic carbocycles. The van der Waals surface area contributed by atoms with E-state index in [1.165, 1.54) is 6.07 Å². The molecule has 0 aliphatic rings. The summed E-state index contributed by atoms with van der Waals surface area (Å²) in [6, 6.07) is 10.3. The molecule has 0 spiro atoms. The summed E-state index contributed by atoms with van der Waals surface area (Å²) in [5.74, 6) is -0.696. The third-order valence-electron chi connectivity index (χ3n) is 4.76. The van der Waals surface area contributed by atoms with Gasteiger partial charge in [-0.05, 0) is 37.6 Å². The van der Waals surface area contributed by atoms with Crippen molar-refractivity contribution in [1.82, 2.24) is 0 Å². The molecule has 0 bridgehead atoms. The van der Waals surface area contributed by atoms with Gasteiger partial charge >= 0.3 is 5.69 Å². The van der Waals surface area contributed by atoms with Gasteiger partial charge in [-0.2, -0.15) is 5.10 Å². The highest BCUT2D eigenvalue weighted by atomic mass is 35.5. The predicted molar refractivity (Wildman–Crippen MR) is 131 cm³/mol. The van der Waals surface area contributed by atoms with Gasteiger partial charge in [0.15, 0.2) is 0 Å². The monoisotopic (exact) mass is 519 g/mol. The van der Waals surface area contributed by atoms with Crippen LogP contribution < -0.4 is 10.1 Å². The molecule has 0 radical (unpaired) electrons. The molecule has 182 valence electrons. The van der Waals surface area contributed by atoms with E-state index in [0.717, 1.165) is 36.0 Å². The Balaban J connectivity index is 2.00. The molecule has 0 aliphatic heterocycles. The van der Waals surface area contributed by atoms with E-state index in [-0.39, 0.29) is 22.0 Å². The van der Waals surface area contributed by atoms with Gasteiger partial charge in [0.05, 0.1) is 27.4 Å². The van der Waals surface area contributed by atoms with Crippen molar-refractivity contribution < 1.29 is 23.4 Å². The van der Waals surface area contributed by atoms with Gasteiger partial charge in [-0.15, -0.1) is 0 Å². The van der Waals surface area contributed by atoms with Gasteiger partial charge in [0.1, 0.15) is 4.90 Å². The Kier molecular flexibility index (Phi) is 7.22. The summed E-state index contributed by atoms with van der Waals surface area (Å²) in [5, 5.41) is 36.2. The normalized spacial score (nSPS) is 11.4. The Bertz CT molecular complexity index is 1480. The highest BCUT2D eigenvalue weighted by molar-refractivity contribution is 7.92. The number of anilines is 2. The fourth-order valence-corrected chi connectivity index (χ4v) is 4.61. The Hall–Kier alpha value is -4.23. The Morgan fingerprint density at radius 2 is 1.69 bits per heavy atom. The number of phenolic OH excluding ortho intramolecular Hbond substituents is 1. The maximum Gasteiger partial charge on any atom is 0.312 e. The summed E-state index contributed by atoms with van der Waals surface area (Å²) in [7, 11) is -4.31. The lowest BCUT2D eigenvalue weighted by Gasteiger charge is -2.14. The number of nitrogens with one attached hydrogen (secondary N) is 2. The number of hydrazone groups is 1. The number of benzene rings is 3. The summed E-state index contributed by atoms with van der Waals surface area (Å²) in [4.78, 5) is 20.3. The lowest BCUT2D eigenvalue weighted by Crippen LogP contribution is -2.16. The smallest absolute Gasteiger partial charge is 0.312 e. The zero-order valence-corrected chi connectivity index (χ0v) is 19.8. The number of hydrogen-bond acceptors (Lipinski definition) is 9. The summed E-state index contributed by atoms with van der Waals surface area (Å²) >= 11 is 5.84. The molecule has 12 nitrogen and oxygen atoms in total. The van der Waals surface area contributed by atoms with Gasteiger partial charge in [0.25, 0.3) is 15.7 Å². The highest BCUT2D eigenvalue weighted by Gasteiger charge is 2.23. The van der Waals surface area contributed by atoms with Crippen LogP contribution >= 0.6 is 11.6 Å². The largest absolute Gasteiger partial charge is 0.502 e. The summed E-state index contributed by atoms with van der Waals surface area (Å²) in [6.45, 7) is 3.55. The van der Waals surface area contributed by atoms with Crippen LogP contribution in [-0.2, 0) is 10.0 Å². The van der Waals surface area contributed by atoms with E-state index in [2.05, 4.69) is 15.2 Å². The molecule has 0 aromatic heterocycles. The minimum atomic E-state index is -4.31. The molecular weight excluding hydrogens is 502 g/mol. The Morgan fingerprint density at radius 1 is 1.00 bits per heavy atom. The lowest BCUT2D eigenvalue weighted by molar-refractivity contribution is -0.385. The quantitative estimate of drug-likeness (QED) is 0.217. The van der Waals surface area contributed by atoms with Crippen LogP contribution in [0.15, 0.2) is 58.5 Å². The van der Waals surface area contributed by atoms with Crippen LogP contribution in [0.2, 0.25) is 5.02 Å². The van der Waals surface area contributed by atoms with Gasteiger partial charge in [-0.25, -0.2) is 8.42 Å². The second-order valence-electron chi connectivity index (χ2n) is 7.35. The molecule has 0 saturated carbocycles. The second kappa shape index (κ2) is 9.95. The van der Waals surface area contributed by atoms with Gasteiger partial charge in [-0.1, -0.05) is 29.3 Å². The molecule has 3 aromatic rings. The number of phenols is 1. The number of aryl methyl sites for hydroxylation is 2. The number of hydrogen-bond donors (Lipinski definition) is 3. The average molecular weight is 520 g/mol. The number of nitro benzene ring substituents is 2. The molecular formula is C21H18ClN5O7S. The molecule has 0 atom stereocenters. The first-order valence-corrected chi connectivity index (χ1v) is 11.6. The molecule has 14 heteroatoms. The van der Waals surface area contributed by atoms with E-state index >= 15 is 0 Å². The number of halogens is 1. The van der Waals surface area contributed by atoms with Gasteiger partial charge in [0.2, 0.25) is 5.75 Å². The van der Waals surface area contributed by atoms with E-state index in [0.29, 0.717) is 5.56 Å². The number of sulfonamides is 1. The second-order valence-corrected chi connectivity index (χ2v) is 9.44. The van der Waals surface area contributed by atoms with Crippen LogP contribution in [0, 0.1) is 34.1 Å². The summed E-state index contributed by atoms with van der Waals surface area (Å²) in [6.07, 6.45) is 0.990. The molecule has 0 unspecified atom stereocenters. The third kappa shape index (κ3) is 5.83. The highest BCUT2D eigenvalue weighted by Crippen LogP contribution is 2.33. The van der Waals surface area contributed by atoms with Gasteiger partial charge in [-0.3, -0.25) is 30.4 Å². The van der Waals surface area contributed by atoms with Crippen molar-refractivity contribution in [2.24, 2.45) is 5.10 Å². The first-order chi connectivity index (χ1) is 16.4. The molecule has 35 heavy (non-hydrogen) atoms. The fourth-order valence-electron chi connectivity index (χ4n) is 3.08. The van der Waals surface area contributed by atoms with Crippen LogP contribution in [0.25, 0.3) is 0 Å². The van der Waals surface area contributed by atoms with Crippen molar-refractivity contribution in [3.8, 4) is 5.75 Å². The average Bonchev–Trinajstić information content (AvgIpc) is 2.77. The van der Waals surface area contributed by atoms with Crippen LogP contribution in [-0.4, -0.2) is 29.6 Å². The van der Waals surface area contributed by atoms with Crippen molar-refractivity contribution in [3.05, 3.63) is 90.5 Å². The molecule has 0 amide bonds. The van der Waals surface area contributed by atoms with E-state index in [1.54, 1.807) is 25.1 Å². The molecule has 0 fully saturated rings. The molecule has 0 heterocycles. The van der Waals surface area contributed by atoms with Crippen molar-refractivity contribution in [3.63, 3.8) is 0 Å². The Labute approximate surface area is 204 Å². The van der Waals surface area contributed by atoms with E-state index in [4.69, 9.17) is 11.6 Å². The number of aromatic hydroxyl groups is 1. The van der Waals surface area contributed by atoms with Crippen LogP contribution in [0.1, 0.15) is 16.7 Å². The SMILES string of the molecule is Cc1ccc(NS(=O)(=O)c2cc([N+](=O)[O-])ccc2N/N=C\c2cc(Cl)cc([N+](=O)[O-])c2O)c(C)c1. The van der Waals surface area contributed by atoms with Crippen molar-refractivity contribution in [2.75, 3.05) is 10.1 Å². The molecule has 0 aliphatic carbocycles. The van der Waals surface area contributed by atoms with Gasteiger partial charge in [0, 0.05) is 28.8 Å². The Morgan fingerprint density at radius 3 is 2.31 bits per heavy atom. The topological polar surface area (TPSA) is 177 Å². The van der Waals surface area contributed by atoms with E-state index < -0.39 is 41.9 Å². The number of nitrogens with zero attached hydrogens (tertiary/aromatic N) is 3. The van der Waals surface area contributed by atoms with E-state index in [9.17, 15) is 33.8 Å². The number of non-ortho nitro benzene ring substituents is 1. The fraction of sp³-hybridized carbons (Fsp3) is 0.0952. The molecule has 0 saturated heterocycles. The summed E-state index contributed by atoms with van der Waals surface area (Å²) < 4.78 is 28.7. The minimum Gasteiger partial charge on any atom is -0.502 e. The zero-order valence-electron chi connectivity index (χ0n) is 18.2. The zero-order chi connectivity index (χ0) is 25.9.